The summed E-state index contributed by atoms with van der Waals surface area (Å²) in [5.41, 5.74) is 16.3. The number of nitrogens with two attached hydrogens (primary N) is 3. The normalized spacial score (nSPS) is 13.3. The van der Waals surface area contributed by atoms with Crippen molar-refractivity contribution in [3.63, 3.8) is 0 Å². The maximum Gasteiger partial charge on any atom is 0.0215 e. The maximum absolute atomic E-state index is 6.21. The predicted molar refractivity (Wildman–Crippen MR) is 82.5 cm³/mol. The molecule has 0 fully saturated rings. The Bertz CT molecular complexity index is 212. The molecule has 112 valence electrons. The summed E-state index contributed by atoms with van der Waals surface area (Å²) in [6.45, 7) is 14.6. The molecule has 0 aromatic heterocycles. The molecule has 0 atom stereocenters. The predicted octanol–water partition coefficient (Wildman–Crippen LogP) is 1.38. The van der Waals surface area contributed by atoms with Gasteiger partial charge in [0.05, 0.1) is 0 Å². The van der Waals surface area contributed by atoms with E-state index in [2.05, 4.69) is 60.5 Å². The summed E-state index contributed by atoms with van der Waals surface area (Å²) in [5, 5.41) is 0. The van der Waals surface area contributed by atoms with Crippen molar-refractivity contribution in [2.75, 3.05) is 27.2 Å². The zero-order valence-corrected chi connectivity index (χ0v) is 13.8. The van der Waals surface area contributed by atoms with E-state index in [1.165, 1.54) is 0 Å². The van der Waals surface area contributed by atoms with Crippen molar-refractivity contribution >= 4 is 0 Å². The first-order valence-electron chi connectivity index (χ1n) is 6.72. The Hall–Kier alpha value is -0.160. The molecule has 0 aliphatic carbocycles. The van der Waals surface area contributed by atoms with E-state index >= 15 is 0 Å². The molecule has 0 aromatic carbocycles. The molecule has 18 heavy (non-hydrogen) atoms. The van der Waals surface area contributed by atoms with Gasteiger partial charge in [-0.2, -0.15) is 0 Å². The molecular formula is C14H36N4. The van der Waals surface area contributed by atoms with Crippen LogP contribution in [0.3, 0.4) is 0 Å². The van der Waals surface area contributed by atoms with Crippen molar-refractivity contribution in [1.29, 1.82) is 0 Å². The van der Waals surface area contributed by atoms with E-state index in [0.29, 0.717) is 0 Å². The van der Waals surface area contributed by atoms with Crippen LogP contribution < -0.4 is 17.2 Å². The minimum Gasteiger partial charge on any atom is -0.330 e. The Morgan fingerprint density at radius 2 is 1.17 bits per heavy atom. The first kappa shape index (κ1) is 20.2. The SMILES string of the molecule is CN(C)C(C)(C)C(C)(C)C(C)(C)N.NCCCN. The van der Waals surface area contributed by atoms with Gasteiger partial charge in [-0.1, -0.05) is 13.8 Å². The second kappa shape index (κ2) is 7.43. The standard InChI is InChI=1S/C11H26N2.C3H10N2/c1-9(2,10(3,4)12)11(5,6)13(7)8;4-2-1-3-5/h12H2,1-8H3;1-5H2. The van der Waals surface area contributed by atoms with Crippen molar-refractivity contribution in [1.82, 2.24) is 4.90 Å². The van der Waals surface area contributed by atoms with Gasteiger partial charge in [0.1, 0.15) is 0 Å². The van der Waals surface area contributed by atoms with Crippen LogP contribution >= 0.6 is 0 Å². The quantitative estimate of drug-likeness (QED) is 0.697. The fourth-order valence-electron chi connectivity index (χ4n) is 1.47. The molecule has 0 saturated heterocycles. The summed E-state index contributed by atoms with van der Waals surface area (Å²) in [5.74, 6) is 0. The summed E-state index contributed by atoms with van der Waals surface area (Å²) >= 11 is 0. The molecule has 0 radical (unpaired) electrons. The highest BCUT2D eigenvalue weighted by Gasteiger charge is 2.47. The molecule has 0 unspecified atom stereocenters. The third-order valence-corrected chi connectivity index (χ3v) is 4.67. The zero-order valence-electron chi connectivity index (χ0n) is 13.8. The van der Waals surface area contributed by atoms with Crippen LogP contribution in [-0.4, -0.2) is 43.2 Å². The Morgan fingerprint density at radius 1 is 0.833 bits per heavy atom. The van der Waals surface area contributed by atoms with Gasteiger partial charge in [-0.05, 0) is 66.7 Å². The lowest BCUT2D eigenvalue weighted by molar-refractivity contribution is 0.000247. The van der Waals surface area contributed by atoms with Crippen LogP contribution in [-0.2, 0) is 0 Å². The molecule has 0 aliphatic rings. The Morgan fingerprint density at radius 3 is 1.22 bits per heavy atom. The van der Waals surface area contributed by atoms with E-state index < -0.39 is 0 Å². The smallest absolute Gasteiger partial charge is 0.0215 e. The van der Waals surface area contributed by atoms with E-state index in [9.17, 15) is 0 Å². The van der Waals surface area contributed by atoms with Crippen LogP contribution in [0.2, 0.25) is 0 Å². The van der Waals surface area contributed by atoms with E-state index in [-0.39, 0.29) is 16.5 Å². The van der Waals surface area contributed by atoms with Crippen molar-refractivity contribution in [3.05, 3.63) is 0 Å². The van der Waals surface area contributed by atoms with Gasteiger partial charge in [-0.3, -0.25) is 0 Å². The summed E-state index contributed by atoms with van der Waals surface area (Å²) in [4.78, 5) is 2.24. The van der Waals surface area contributed by atoms with Crippen LogP contribution in [0.4, 0.5) is 0 Å². The molecule has 0 rings (SSSR count). The van der Waals surface area contributed by atoms with Crippen molar-refractivity contribution in [3.8, 4) is 0 Å². The molecule has 0 saturated carbocycles. The largest absolute Gasteiger partial charge is 0.330 e. The Labute approximate surface area is 114 Å². The number of hydrogen-bond acceptors (Lipinski definition) is 4. The van der Waals surface area contributed by atoms with Gasteiger partial charge in [-0.15, -0.1) is 0 Å². The van der Waals surface area contributed by atoms with Crippen LogP contribution in [0.5, 0.6) is 0 Å². The lowest BCUT2D eigenvalue weighted by Gasteiger charge is -2.53. The third kappa shape index (κ3) is 5.22. The zero-order chi connectivity index (χ0) is 15.2. The molecule has 0 aliphatic heterocycles. The lowest BCUT2D eigenvalue weighted by Crippen LogP contribution is -2.62. The van der Waals surface area contributed by atoms with Gasteiger partial charge >= 0.3 is 0 Å². The molecule has 4 nitrogen and oxygen atoms in total. The molecular weight excluding hydrogens is 224 g/mol. The first-order valence-corrected chi connectivity index (χ1v) is 6.72. The van der Waals surface area contributed by atoms with Crippen LogP contribution in [0, 0.1) is 5.41 Å². The highest BCUT2D eigenvalue weighted by Crippen LogP contribution is 2.41. The van der Waals surface area contributed by atoms with Gasteiger partial charge in [0, 0.05) is 11.1 Å². The molecule has 0 heterocycles. The van der Waals surface area contributed by atoms with Crippen LogP contribution in [0.25, 0.3) is 0 Å². The van der Waals surface area contributed by atoms with Gasteiger partial charge in [0.25, 0.3) is 0 Å². The number of nitrogens with zero attached hydrogens (tertiary/aromatic N) is 1. The lowest BCUT2D eigenvalue weighted by atomic mass is 9.63. The molecule has 4 heteroatoms. The van der Waals surface area contributed by atoms with E-state index in [0.717, 1.165) is 19.5 Å². The highest BCUT2D eigenvalue weighted by molar-refractivity contribution is 5.04. The topological polar surface area (TPSA) is 81.3 Å². The van der Waals surface area contributed by atoms with Gasteiger partial charge < -0.3 is 22.1 Å². The minimum atomic E-state index is -0.180. The monoisotopic (exact) mass is 260 g/mol. The second-order valence-corrected chi connectivity index (χ2v) is 6.73. The van der Waals surface area contributed by atoms with Crippen LogP contribution in [0.1, 0.15) is 48.0 Å². The average molecular weight is 260 g/mol. The van der Waals surface area contributed by atoms with Crippen LogP contribution in [0.15, 0.2) is 0 Å². The van der Waals surface area contributed by atoms with E-state index in [4.69, 9.17) is 17.2 Å². The Balaban J connectivity index is 0. The van der Waals surface area contributed by atoms with Crippen molar-refractivity contribution in [2.45, 2.75) is 59.0 Å². The third-order valence-electron chi connectivity index (χ3n) is 4.67. The summed E-state index contributed by atoms with van der Waals surface area (Å²) in [6.07, 6.45) is 0.944. The molecule has 0 aromatic rings. The number of hydrogen-bond donors (Lipinski definition) is 3. The Kier molecular flexibility index (Phi) is 8.33. The van der Waals surface area contributed by atoms with Gasteiger partial charge in [0.15, 0.2) is 0 Å². The summed E-state index contributed by atoms with van der Waals surface area (Å²) < 4.78 is 0. The van der Waals surface area contributed by atoms with Crippen molar-refractivity contribution < 1.29 is 0 Å². The van der Waals surface area contributed by atoms with E-state index in [1.54, 1.807) is 0 Å². The summed E-state index contributed by atoms with van der Waals surface area (Å²) in [6, 6.07) is 0. The average Bonchev–Trinajstić information content (AvgIpc) is 2.17. The first-order chi connectivity index (χ1) is 7.86. The second-order valence-electron chi connectivity index (χ2n) is 6.73. The maximum atomic E-state index is 6.21. The fourth-order valence-corrected chi connectivity index (χ4v) is 1.47. The van der Waals surface area contributed by atoms with Gasteiger partial charge in [0.2, 0.25) is 0 Å². The fraction of sp³-hybridized carbons (Fsp3) is 1.00. The minimum absolute atomic E-state index is 0.0590. The highest BCUT2D eigenvalue weighted by atomic mass is 15.2. The molecule has 0 spiro atoms. The molecule has 0 amide bonds. The van der Waals surface area contributed by atoms with Gasteiger partial charge in [-0.25, -0.2) is 0 Å². The number of rotatable bonds is 5. The summed E-state index contributed by atoms with van der Waals surface area (Å²) in [7, 11) is 4.21. The van der Waals surface area contributed by atoms with Crippen molar-refractivity contribution in [2.24, 2.45) is 22.6 Å². The molecule has 6 N–H and O–H groups in total. The van der Waals surface area contributed by atoms with E-state index in [1.807, 2.05) is 0 Å². The molecule has 0 bridgehead atoms.